The predicted molar refractivity (Wildman–Crippen MR) is 95.0 cm³/mol. The molecule has 1 aliphatic rings. The molecule has 0 atom stereocenters. The van der Waals surface area contributed by atoms with E-state index < -0.39 is 0 Å². The Bertz CT molecular complexity index is 721. The van der Waals surface area contributed by atoms with Crippen LogP contribution in [0, 0.1) is 13.8 Å². The summed E-state index contributed by atoms with van der Waals surface area (Å²) >= 11 is 0. The monoisotopic (exact) mass is 333 g/mol. The van der Waals surface area contributed by atoms with E-state index in [1.165, 1.54) is 11.1 Å². The average Bonchev–Trinajstić information content (AvgIpc) is 3.08. The van der Waals surface area contributed by atoms with Gasteiger partial charge in [0, 0.05) is 37.6 Å². The number of halogens is 1. The van der Waals surface area contributed by atoms with Crippen molar-refractivity contribution in [3.8, 4) is 0 Å². The summed E-state index contributed by atoms with van der Waals surface area (Å²) in [6.07, 6.45) is 0. The molecule has 1 amide bonds. The second kappa shape index (κ2) is 7.20. The third kappa shape index (κ3) is 3.43. The lowest BCUT2D eigenvalue weighted by atomic mass is 10.1. The van der Waals surface area contributed by atoms with E-state index in [0.29, 0.717) is 6.54 Å². The lowest BCUT2D eigenvalue weighted by Crippen LogP contribution is -2.23. The van der Waals surface area contributed by atoms with Crippen LogP contribution in [0.3, 0.4) is 0 Å². The SMILES string of the molecule is CCn1c(C)cc(C(=O)NCc2ccc3c(c2)CNC3)c1C.Cl. The summed E-state index contributed by atoms with van der Waals surface area (Å²) in [5.41, 5.74) is 6.81. The molecule has 0 bridgehead atoms. The molecule has 124 valence electrons. The molecule has 3 rings (SSSR count). The van der Waals surface area contributed by atoms with E-state index >= 15 is 0 Å². The number of nitrogens with one attached hydrogen (secondary N) is 2. The highest BCUT2D eigenvalue weighted by Gasteiger charge is 2.15. The maximum atomic E-state index is 12.4. The Morgan fingerprint density at radius 1 is 1.22 bits per heavy atom. The molecule has 0 unspecified atom stereocenters. The Morgan fingerprint density at radius 3 is 2.65 bits per heavy atom. The van der Waals surface area contributed by atoms with Crippen molar-refractivity contribution in [1.29, 1.82) is 0 Å². The van der Waals surface area contributed by atoms with E-state index in [-0.39, 0.29) is 18.3 Å². The summed E-state index contributed by atoms with van der Waals surface area (Å²) in [4.78, 5) is 12.4. The summed E-state index contributed by atoms with van der Waals surface area (Å²) in [6.45, 7) is 9.48. The van der Waals surface area contributed by atoms with Gasteiger partial charge in [0.1, 0.15) is 0 Å². The number of hydrogen-bond acceptors (Lipinski definition) is 2. The van der Waals surface area contributed by atoms with Gasteiger partial charge in [-0.15, -0.1) is 12.4 Å². The van der Waals surface area contributed by atoms with Gasteiger partial charge in [0.2, 0.25) is 0 Å². The predicted octanol–water partition coefficient (Wildman–Crippen LogP) is 3.08. The van der Waals surface area contributed by atoms with Crippen molar-refractivity contribution in [3.63, 3.8) is 0 Å². The molecule has 23 heavy (non-hydrogen) atoms. The van der Waals surface area contributed by atoms with Crippen LogP contribution in [0.1, 0.15) is 45.4 Å². The number of fused-ring (bicyclic) bond motifs is 1. The van der Waals surface area contributed by atoms with Gasteiger partial charge in [0.15, 0.2) is 0 Å². The molecule has 2 N–H and O–H groups in total. The first kappa shape index (κ1) is 17.6. The van der Waals surface area contributed by atoms with Crippen molar-refractivity contribution in [2.75, 3.05) is 0 Å². The smallest absolute Gasteiger partial charge is 0.253 e. The molecule has 0 aliphatic carbocycles. The first-order valence-electron chi connectivity index (χ1n) is 7.86. The quantitative estimate of drug-likeness (QED) is 0.903. The van der Waals surface area contributed by atoms with Crippen molar-refractivity contribution >= 4 is 18.3 Å². The number of aryl methyl sites for hydroxylation is 1. The maximum Gasteiger partial charge on any atom is 0.253 e. The highest BCUT2D eigenvalue weighted by molar-refractivity contribution is 5.95. The molecule has 0 saturated carbocycles. The van der Waals surface area contributed by atoms with E-state index in [1.807, 2.05) is 19.9 Å². The zero-order valence-electron chi connectivity index (χ0n) is 13.9. The minimum atomic E-state index is 0. The second-order valence-electron chi connectivity index (χ2n) is 5.92. The molecule has 0 spiro atoms. The van der Waals surface area contributed by atoms with E-state index in [4.69, 9.17) is 0 Å². The van der Waals surface area contributed by atoms with Gasteiger partial charge in [0.05, 0.1) is 5.56 Å². The van der Waals surface area contributed by atoms with Crippen LogP contribution in [0.25, 0.3) is 0 Å². The molecular formula is C18H24ClN3O. The number of carbonyl (C=O) groups is 1. The second-order valence-corrected chi connectivity index (χ2v) is 5.92. The Labute approximate surface area is 143 Å². The molecule has 0 saturated heterocycles. The highest BCUT2D eigenvalue weighted by atomic mass is 35.5. The maximum absolute atomic E-state index is 12.4. The van der Waals surface area contributed by atoms with Crippen molar-refractivity contribution in [2.45, 2.75) is 47.0 Å². The Morgan fingerprint density at radius 2 is 1.96 bits per heavy atom. The molecule has 5 heteroatoms. The van der Waals surface area contributed by atoms with Gasteiger partial charge in [-0.3, -0.25) is 4.79 Å². The van der Waals surface area contributed by atoms with Gasteiger partial charge in [0.25, 0.3) is 5.91 Å². The number of aromatic nitrogens is 1. The average molecular weight is 334 g/mol. The highest BCUT2D eigenvalue weighted by Crippen LogP contribution is 2.18. The molecule has 2 heterocycles. The van der Waals surface area contributed by atoms with Crippen LogP contribution >= 0.6 is 12.4 Å². The minimum Gasteiger partial charge on any atom is -0.349 e. The van der Waals surface area contributed by atoms with Crippen LogP contribution in [0.5, 0.6) is 0 Å². The number of amides is 1. The van der Waals surface area contributed by atoms with E-state index in [1.54, 1.807) is 0 Å². The van der Waals surface area contributed by atoms with Crippen LogP contribution in [0.2, 0.25) is 0 Å². The number of hydrogen-bond donors (Lipinski definition) is 2. The van der Waals surface area contributed by atoms with Crippen molar-refractivity contribution in [2.24, 2.45) is 0 Å². The third-order valence-electron chi connectivity index (χ3n) is 4.49. The summed E-state index contributed by atoms with van der Waals surface area (Å²) in [5.74, 6) is 0.00595. The normalized spacial score (nSPS) is 12.7. The summed E-state index contributed by atoms with van der Waals surface area (Å²) in [7, 11) is 0. The summed E-state index contributed by atoms with van der Waals surface area (Å²) < 4.78 is 2.16. The van der Waals surface area contributed by atoms with E-state index in [0.717, 1.165) is 42.1 Å². The van der Waals surface area contributed by atoms with Crippen LogP contribution < -0.4 is 10.6 Å². The van der Waals surface area contributed by atoms with Crippen LogP contribution in [-0.2, 0) is 26.2 Å². The zero-order valence-corrected chi connectivity index (χ0v) is 14.7. The van der Waals surface area contributed by atoms with Crippen molar-refractivity contribution in [3.05, 3.63) is 57.9 Å². The molecule has 0 radical (unpaired) electrons. The van der Waals surface area contributed by atoms with Crippen LogP contribution in [-0.4, -0.2) is 10.5 Å². The van der Waals surface area contributed by atoms with Crippen LogP contribution in [0.15, 0.2) is 24.3 Å². The molecule has 2 aromatic rings. The molecular weight excluding hydrogens is 310 g/mol. The number of benzene rings is 1. The van der Waals surface area contributed by atoms with Gasteiger partial charge < -0.3 is 15.2 Å². The molecule has 1 aliphatic heterocycles. The number of rotatable bonds is 4. The first-order valence-corrected chi connectivity index (χ1v) is 7.86. The van der Waals surface area contributed by atoms with Gasteiger partial charge >= 0.3 is 0 Å². The fourth-order valence-electron chi connectivity index (χ4n) is 3.25. The molecule has 1 aromatic heterocycles. The fourth-order valence-corrected chi connectivity index (χ4v) is 3.25. The van der Waals surface area contributed by atoms with E-state index in [2.05, 4.69) is 40.3 Å². The lowest BCUT2D eigenvalue weighted by molar-refractivity contribution is 0.0950. The topological polar surface area (TPSA) is 46.1 Å². The standard InChI is InChI=1S/C18H23N3O.ClH/c1-4-21-12(2)7-17(13(21)3)18(22)20-9-14-5-6-15-10-19-11-16(15)8-14;/h5-8,19H,4,9-11H2,1-3H3,(H,20,22);1H. The third-order valence-corrected chi connectivity index (χ3v) is 4.49. The summed E-state index contributed by atoms with van der Waals surface area (Å²) in [5, 5.41) is 6.38. The van der Waals surface area contributed by atoms with Gasteiger partial charge in [-0.25, -0.2) is 0 Å². The van der Waals surface area contributed by atoms with Crippen molar-refractivity contribution in [1.82, 2.24) is 15.2 Å². The Hall–Kier alpha value is -1.78. The lowest BCUT2D eigenvalue weighted by Gasteiger charge is -2.08. The van der Waals surface area contributed by atoms with Gasteiger partial charge in [-0.1, -0.05) is 18.2 Å². The molecule has 4 nitrogen and oxygen atoms in total. The minimum absolute atomic E-state index is 0. The number of nitrogens with zero attached hydrogens (tertiary/aromatic N) is 1. The Kier molecular flexibility index (Phi) is 5.50. The Balaban J connectivity index is 0.00000192. The first-order chi connectivity index (χ1) is 10.6. The van der Waals surface area contributed by atoms with E-state index in [9.17, 15) is 4.79 Å². The molecule has 0 fully saturated rings. The van der Waals surface area contributed by atoms with Crippen LogP contribution in [0.4, 0.5) is 0 Å². The van der Waals surface area contributed by atoms with Gasteiger partial charge in [-0.05, 0) is 43.5 Å². The fraction of sp³-hybridized carbons (Fsp3) is 0.389. The van der Waals surface area contributed by atoms with Crippen molar-refractivity contribution < 1.29 is 4.79 Å². The largest absolute Gasteiger partial charge is 0.349 e. The van der Waals surface area contributed by atoms with Gasteiger partial charge in [-0.2, -0.15) is 0 Å². The zero-order chi connectivity index (χ0) is 15.7. The molecule has 1 aromatic carbocycles. The summed E-state index contributed by atoms with van der Waals surface area (Å²) in [6, 6.07) is 8.41. The number of carbonyl (C=O) groups excluding carboxylic acids is 1.